The van der Waals surface area contributed by atoms with Gasteiger partial charge < -0.3 is 0 Å². The molecule has 0 aliphatic rings. The number of benzene rings is 2. The number of aryl methyl sites for hydroxylation is 3. The van der Waals surface area contributed by atoms with Crippen LogP contribution in [0.25, 0.3) is 16.7 Å². The second-order valence-electron chi connectivity index (χ2n) is 5.20. The Bertz CT molecular complexity index is 808. The third-order valence-corrected chi connectivity index (χ3v) is 4.44. The van der Waals surface area contributed by atoms with Crippen molar-refractivity contribution >= 4 is 38.6 Å². The van der Waals surface area contributed by atoms with E-state index in [4.69, 9.17) is 16.6 Å². The third-order valence-electron chi connectivity index (χ3n) is 3.75. The van der Waals surface area contributed by atoms with Gasteiger partial charge in [0.25, 0.3) is 0 Å². The van der Waals surface area contributed by atoms with E-state index in [-0.39, 0.29) is 0 Å². The smallest absolute Gasteiger partial charge is 0.115 e. The number of rotatable bonds is 3. The SMILES string of the molecule is Cc1ccc(-n2c(CCCl)nc3cc(Br)ccc32)cc1C. The standard InChI is InChI=1S/C17H16BrClN2/c1-11-3-5-14(9-12(11)2)21-16-6-4-13(18)10-15(16)20-17(21)7-8-19/h3-6,9-10H,7-8H2,1-2H3. The predicted octanol–water partition coefficient (Wildman–Crippen LogP) is 5.19. The zero-order valence-corrected chi connectivity index (χ0v) is 14.4. The fraction of sp³-hybridized carbons (Fsp3) is 0.235. The molecular formula is C17H16BrClN2. The lowest BCUT2D eigenvalue weighted by atomic mass is 10.1. The number of nitrogens with zero attached hydrogens (tertiary/aromatic N) is 2. The molecule has 2 aromatic carbocycles. The molecule has 0 N–H and O–H groups in total. The van der Waals surface area contributed by atoms with Crippen molar-refractivity contribution in [2.75, 3.05) is 5.88 Å². The maximum absolute atomic E-state index is 5.95. The Morgan fingerprint density at radius 1 is 1.10 bits per heavy atom. The van der Waals surface area contributed by atoms with E-state index in [1.165, 1.54) is 11.1 Å². The first-order valence-corrected chi connectivity index (χ1v) is 8.23. The molecule has 4 heteroatoms. The van der Waals surface area contributed by atoms with Gasteiger partial charge in [0.2, 0.25) is 0 Å². The molecule has 108 valence electrons. The molecule has 1 aromatic heterocycles. The molecule has 21 heavy (non-hydrogen) atoms. The largest absolute Gasteiger partial charge is 0.296 e. The fourth-order valence-electron chi connectivity index (χ4n) is 2.51. The van der Waals surface area contributed by atoms with Crippen molar-refractivity contribution in [3.8, 4) is 5.69 Å². The van der Waals surface area contributed by atoms with Crippen molar-refractivity contribution < 1.29 is 0 Å². The Balaban J connectivity index is 2.27. The Kier molecular flexibility index (Phi) is 4.05. The summed E-state index contributed by atoms with van der Waals surface area (Å²) < 4.78 is 3.24. The summed E-state index contributed by atoms with van der Waals surface area (Å²) in [5.41, 5.74) is 5.82. The minimum absolute atomic E-state index is 0.565. The summed E-state index contributed by atoms with van der Waals surface area (Å²) in [6.07, 6.45) is 0.751. The topological polar surface area (TPSA) is 17.8 Å². The van der Waals surface area contributed by atoms with E-state index in [9.17, 15) is 0 Å². The van der Waals surface area contributed by atoms with Crippen molar-refractivity contribution in [1.82, 2.24) is 9.55 Å². The molecule has 0 amide bonds. The predicted molar refractivity (Wildman–Crippen MR) is 92.7 cm³/mol. The highest BCUT2D eigenvalue weighted by Gasteiger charge is 2.12. The zero-order valence-electron chi connectivity index (χ0n) is 12.0. The molecule has 0 aliphatic heterocycles. The van der Waals surface area contributed by atoms with Gasteiger partial charge in [-0.15, -0.1) is 11.6 Å². The summed E-state index contributed by atoms with van der Waals surface area (Å²) >= 11 is 9.46. The van der Waals surface area contributed by atoms with Gasteiger partial charge in [0.1, 0.15) is 5.82 Å². The highest BCUT2D eigenvalue weighted by Crippen LogP contribution is 2.26. The molecule has 0 radical (unpaired) electrons. The average Bonchev–Trinajstić information content (AvgIpc) is 2.79. The van der Waals surface area contributed by atoms with Crippen molar-refractivity contribution in [1.29, 1.82) is 0 Å². The molecule has 0 saturated carbocycles. The Morgan fingerprint density at radius 2 is 1.90 bits per heavy atom. The van der Waals surface area contributed by atoms with Crippen LogP contribution in [-0.2, 0) is 6.42 Å². The average molecular weight is 364 g/mol. The van der Waals surface area contributed by atoms with Crippen LogP contribution in [0.2, 0.25) is 0 Å². The molecule has 0 fully saturated rings. The number of aromatic nitrogens is 2. The molecule has 0 spiro atoms. The van der Waals surface area contributed by atoms with Crippen LogP contribution >= 0.6 is 27.5 Å². The van der Waals surface area contributed by atoms with Crippen LogP contribution in [0.4, 0.5) is 0 Å². The highest BCUT2D eigenvalue weighted by atomic mass is 79.9. The second kappa shape index (κ2) is 5.82. The first kappa shape index (κ1) is 14.6. The number of hydrogen-bond donors (Lipinski definition) is 0. The van der Waals surface area contributed by atoms with Crippen LogP contribution < -0.4 is 0 Å². The Labute approximate surface area is 137 Å². The van der Waals surface area contributed by atoms with E-state index in [0.717, 1.165) is 33.4 Å². The van der Waals surface area contributed by atoms with Gasteiger partial charge in [-0.25, -0.2) is 4.98 Å². The van der Waals surface area contributed by atoms with Crippen molar-refractivity contribution in [3.05, 3.63) is 57.8 Å². The molecule has 3 rings (SSSR count). The summed E-state index contributed by atoms with van der Waals surface area (Å²) in [6, 6.07) is 12.7. The van der Waals surface area contributed by atoms with Gasteiger partial charge in [0.05, 0.1) is 11.0 Å². The van der Waals surface area contributed by atoms with Crippen molar-refractivity contribution in [3.63, 3.8) is 0 Å². The summed E-state index contributed by atoms with van der Waals surface area (Å²) in [6.45, 7) is 4.26. The van der Waals surface area contributed by atoms with Gasteiger partial charge in [-0.05, 0) is 55.3 Å². The normalized spacial score (nSPS) is 11.2. The monoisotopic (exact) mass is 362 g/mol. The maximum atomic E-state index is 5.95. The highest BCUT2D eigenvalue weighted by molar-refractivity contribution is 9.10. The van der Waals surface area contributed by atoms with Crippen LogP contribution in [0.15, 0.2) is 40.9 Å². The molecule has 0 bridgehead atoms. The number of imidazole rings is 1. The number of halogens is 2. The number of fused-ring (bicyclic) bond motifs is 1. The zero-order chi connectivity index (χ0) is 15.0. The van der Waals surface area contributed by atoms with Crippen molar-refractivity contribution in [2.45, 2.75) is 20.3 Å². The lowest BCUT2D eigenvalue weighted by molar-refractivity contribution is 0.911. The lowest BCUT2D eigenvalue weighted by Crippen LogP contribution is -2.02. The molecule has 0 saturated heterocycles. The van der Waals surface area contributed by atoms with Gasteiger partial charge in [-0.1, -0.05) is 22.0 Å². The minimum Gasteiger partial charge on any atom is -0.296 e. The van der Waals surface area contributed by atoms with Crippen LogP contribution in [0.5, 0.6) is 0 Å². The van der Waals surface area contributed by atoms with E-state index in [0.29, 0.717) is 5.88 Å². The van der Waals surface area contributed by atoms with E-state index < -0.39 is 0 Å². The summed E-state index contributed by atoms with van der Waals surface area (Å²) in [7, 11) is 0. The first-order chi connectivity index (χ1) is 10.1. The van der Waals surface area contributed by atoms with E-state index >= 15 is 0 Å². The summed E-state index contributed by atoms with van der Waals surface area (Å²) in [5, 5.41) is 0. The Morgan fingerprint density at radius 3 is 2.62 bits per heavy atom. The third kappa shape index (κ3) is 2.72. The van der Waals surface area contributed by atoms with E-state index in [2.05, 4.69) is 58.6 Å². The lowest BCUT2D eigenvalue weighted by Gasteiger charge is -2.11. The van der Waals surface area contributed by atoms with Crippen LogP contribution in [0.1, 0.15) is 17.0 Å². The van der Waals surface area contributed by atoms with Crippen LogP contribution in [0, 0.1) is 13.8 Å². The van der Waals surface area contributed by atoms with Gasteiger partial charge in [0, 0.05) is 22.5 Å². The first-order valence-electron chi connectivity index (χ1n) is 6.90. The second-order valence-corrected chi connectivity index (χ2v) is 6.50. The minimum atomic E-state index is 0.565. The molecule has 0 atom stereocenters. The van der Waals surface area contributed by atoms with E-state index in [1.54, 1.807) is 0 Å². The quantitative estimate of drug-likeness (QED) is 0.586. The summed E-state index contributed by atoms with van der Waals surface area (Å²) in [5.74, 6) is 1.57. The molecule has 0 aliphatic carbocycles. The molecule has 0 unspecified atom stereocenters. The number of hydrogen-bond acceptors (Lipinski definition) is 1. The molecule has 2 nitrogen and oxygen atoms in total. The molecule has 1 heterocycles. The van der Waals surface area contributed by atoms with Gasteiger partial charge >= 0.3 is 0 Å². The molecular weight excluding hydrogens is 348 g/mol. The maximum Gasteiger partial charge on any atom is 0.115 e. The number of alkyl halides is 1. The summed E-state index contributed by atoms with van der Waals surface area (Å²) in [4.78, 5) is 4.74. The Hall–Kier alpha value is -1.32. The van der Waals surface area contributed by atoms with E-state index in [1.807, 2.05) is 12.1 Å². The molecule has 3 aromatic rings. The van der Waals surface area contributed by atoms with Gasteiger partial charge in [-0.3, -0.25) is 4.57 Å². The van der Waals surface area contributed by atoms with Crippen LogP contribution in [-0.4, -0.2) is 15.4 Å². The van der Waals surface area contributed by atoms with Gasteiger partial charge in [-0.2, -0.15) is 0 Å². The van der Waals surface area contributed by atoms with Crippen molar-refractivity contribution in [2.24, 2.45) is 0 Å². The fourth-order valence-corrected chi connectivity index (χ4v) is 3.03. The van der Waals surface area contributed by atoms with Gasteiger partial charge in [0.15, 0.2) is 0 Å². The van der Waals surface area contributed by atoms with Crippen LogP contribution in [0.3, 0.4) is 0 Å².